The Hall–Kier alpha value is -4.58. The molecule has 2 saturated heterocycles. The summed E-state index contributed by atoms with van der Waals surface area (Å²) in [6.45, 7) is 12.3. The van der Waals surface area contributed by atoms with Crippen molar-refractivity contribution in [3.63, 3.8) is 0 Å². The topological polar surface area (TPSA) is 110 Å². The van der Waals surface area contributed by atoms with Gasteiger partial charge in [0.1, 0.15) is 5.75 Å². The number of hydrogen-bond donors (Lipinski definition) is 1. The maximum atomic E-state index is 14.8. The number of hydrogen-bond acceptors (Lipinski definition) is 7. The van der Waals surface area contributed by atoms with Crippen LogP contribution in [0.3, 0.4) is 0 Å². The van der Waals surface area contributed by atoms with Crippen molar-refractivity contribution < 1.29 is 24.2 Å². The lowest BCUT2D eigenvalue weighted by Gasteiger charge is -2.37. The third-order valence-electron chi connectivity index (χ3n) is 11.2. The number of carbonyl (C=O) groups excluding carboxylic acids is 2. The molecule has 5 atom stereocenters. The summed E-state index contributed by atoms with van der Waals surface area (Å²) >= 11 is 0. The van der Waals surface area contributed by atoms with Gasteiger partial charge in [-0.25, -0.2) is 0 Å². The Morgan fingerprint density at radius 1 is 1.12 bits per heavy atom. The van der Waals surface area contributed by atoms with Gasteiger partial charge in [-0.1, -0.05) is 79.0 Å². The molecule has 4 aromatic rings. The number of β-lactam (4-membered cyclic amide) rings is 1. The van der Waals surface area contributed by atoms with E-state index in [1.165, 1.54) is 5.19 Å². The van der Waals surface area contributed by atoms with Crippen LogP contribution in [0.2, 0.25) is 18.6 Å². The number of nitrogens with zero attached hydrogens (tertiary/aromatic N) is 5. The first kappa shape index (κ1) is 33.9. The maximum absolute atomic E-state index is 14.8. The summed E-state index contributed by atoms with van der Waals surface area (Å²) < 4.78 is 14.6. The van der Waals surface area contributed by atoms with Gasteiger partial charge in [0.15, 0.2) is 5.60 Å². The second-order valence-electron chi connectivity index (χ2n) is 14.2. The number of amides is 2. The van der Waals surface area contributed by atoms with Crippen LogP contribution < -0.4 is 19.7 Å². The number of anilines is 2. The highest BCUT2D eigenvalue weighted by molar-refractivity contribution is 6.91. The molecule has 1 spiro atoms. The predicted octanol–water partition coefficient (Wildman–Crippen LogP) is 4.99. The number of aliphatic hydroxyl groups is 1. The molecule has 11 heteroatoms. The van der Waals surface area contributed by atoms with E-state index in [1.807, 2.05) is 71.5 Å². The van der Waals surface area contributed by atoms with Crippen molar-refractivity contribution in [3.05, 3.63) is 108 Å². The minimum atomic E-state index is -2.35. The Kier molecular flexibility index (Phi) is 9.00. The van der Waals surface area contributed by atoms with Crippen LogP contribution in [0.1, 0.15) is 42.5 Å². The molecular weight excluding hydrogens is 647 g/mol. The smallest absolute Gasteiger partial charge is 0.264 e. The molecule has 1 unspecified atom stereocenters. The maximum Gasteiger partial charge on any atom is 0.264 e. The molecule has 3 aliphatic rings. The summed E-state index contributed by atoms with van der Waals surface area (Å²) in [7, 11) is -0.681. The predicted molar refractivity (Wildman–Crippen MR) is 196 cm³/mol. The molecule has 2 amide bonds. The molecule has 0 bridgehead atoms. The standard InChI is InChI=1S/C39H45N5O5Si/c1-6-20-44-34-17-12-28(43-22-19-36(43)46)23-32(34)39(38(44)47)26(2)37(50(4,5)30-15-13-29(48-3)14-16-30)35(49-39)18-21-42-24-33(40-41-42)31(25-45)27-10-8-7-9-11-27/h6-17,23-24,26,31,35,37,45H,1,18-22,25H2,2-5H3/t26-,31?,35+,37-,39+/m0/s1. The third-order valence-corrected chi connectivity index (χ3v) is 15.6. The summed E-state index contributed by atoms with van der Waals surface area (Å²) in [5.74, 6) is 0.340. The second-order valence-corrected chi connectivity index (χ2v) is 18.9. The number of aromatic nitrogens is 3. The Morgan fingerprint density at radius 3 is 2.52 bits per heavy atom. The van der Waals surface area contributed by atoms with E-state index in [4.69, 9.17) is 9.47 Å². The number of benzene rings is 3. The van der Waals surface area contributed by atoms with E-state index in [2.05, 4.69) is 49.0 Å². The van der Waals surface area contributed by atoms with E-state index in [0.29, 0.717) is 38.2 Å². The van der Waals surface area contributed by atoms with Crippen molar-refractivity contribution in [3.8, 4) is 5.75 Å². The fraction of sp³-hybridized carbons (Fsp3) is 0.385. The zero-order chi connectivity index (χ0) is 35.2. The lowest BCUT2D eigenvalue weighted by molar-refractivity contribution is -0.145. The Bertz CT molecular complexity index is 1900. The molecule has 10 nitrogen and oxygen atoms in total. The highest BCUT2D eigenvalue weighted by Gasteiger charge is 2.66. The van der Waals surface area contributed by atoms with Gasteiger partial charge in [-0.3, -0.25) is 14.3 Å². The van der Waals surface area contributed by atoms with E-state index in [0.717, 1.165) is 28.3 Å². The van der Waals surface area contributed by atoms with Gasteiger partial charge < -0.3 is 24.4 Å². The number of aliphatic hydroxyl groups excluding tert-OH is 1. The highest BCUT2D eigenvalue weighted by Crippen LogP contribution is 2.60. The molecule has 2 fully saturated rings. The molecule has 0 saturated carbocycles. The van der Waals surface area contributed by atoms with Crippen molar-refractivity contribution in [2.24, 2.45) is 5.92 Å². The van der Waals surface area contributed by atoms with Gasteiger partial charge in [-0.15, -0.1) is 11.7 Å². The number of methoxy groups -OCH3 is 1. The van der Waals surface area contributed by atoms with Crippen LogP contribution in [0.4, 0.5) is 11.4 Å². The van der Waals surface area contributed by atoms with Crippen LogP contribution in [0, 0.1) is 5.92 Å². The molecular formula is C39H45N5O5Si. The molecule has 1 aromatic heterocycles. The van der Waals surface area contributed by atoms with E-state index in [1.54, 1.807) is 23.0 Å². The van der Waals surface area contributed by atoms with Gasteiger partial charge in [0.05, 0.1) is 45.2 Å². The fourth-order valence-corrected chi connectivity index (χ4v) is 12.6. The van der Waals surface area contributed by atoms with Gasteiger partial charge in [0, 0.05) is 49.4 Å². The van der Waals surface area contributed by atoms with Crippen molar-refractivity contribution in [2.45, 2.75) is 62.6 Å². The van der Waals surface area contributed by atoms with Crippen LogP contribution in [0.25, 0.3) is 0 Å². The van der Waals surface area contributed by atoms with Gasteiger partial charge in [0.2, 0.25) is 5.91 Å². The van der Waals surface area contributed by atoms with Crippen LogP contribution in [-0.4, -0.2) is 72.9 Å². The van der Waals surface area contributed by atoms with Crippen LogP contribution >= 0.6 is 0 Å². The molecule has 4 heterocycles. The lowest BCUT2D eigenvalue weighted by atomic mass is 9.82. The average Bonchev–Trinajstić information content (AvgIpc) is 3.78. The summed E-state index contributed by atoms with van der Waals surface area (Å²) in [6, 6.07) is 24.1. The van der Waals surface area contributed by atoms with Crippen molar-refractivity contribution in [1.29, 1.82) is 0 Å². The van der Waals surface area contributed by atoms with E-state index in [-0.39, 0.29) is 41.9 Å². The van der Waals surface area contributed by atoms with E-state index < -0.39 is 13.7 Å². The minimum absolute atomic E-state index is 0.0446. The fourth-order valence-electron chi connectivity index (χ4n) is 8.53. The van der Waals surface area contributed by atoms with Crippen LogP contribution in [-0.2, 0) is 26.5 Å². The first-order valence-electron chi connectivity index (χ1n) is 17.4. The van der Waals surface area contributed by atoms with E-state index >= 15 is 0 Å². The third kappa shape index (κ3) is 5.48. The summed E-state index contributed by atoms with van der Waals surface area (Å²) in [6.07, 6.45) is 4.50. The minimum Gasteiger partial charge on any atom is -0.497 e. The van der Waals surface area contributed by atoms with Crippen molar-refractivity contribution >= 4 is 36.4 Å². The van der Waals surface area contributed by atoms with Gasteiger partial charge in [0.25, 0.3) is 5.91 Å². The number of carbonyl (C=O) groups is 2. The van der Waals surface area contributed by atoms with E-state index in [9.17, 15) is 14.7 Å². The monoisotopic (exact) mass is 691 g/mol. The molecule has 7 rings (SSSR count). The summed E-state index contributed by atoms with van der Waals surface area (Å²) in [5, 5.41) is 20.4. The average molecular weight is 692 g/mol. The van der Waals surface area contributed by atoms with Gasteiger partial charge >= 0.3 is 0 Å². The van der Waals surface area contributed by atoms with Gasteiger partial charge in [-0.2, -0.15) is 0 Å². The van der Waals surface area contributed by atoms with Gasteiger partial charge in [-0.05, 0) is 47.9 Å². The second kappa shape index (κ2) is 13.3. The largest absolute Gasteiger partial charge is 0.497 e. The Balaban J connectivity index is 1.27. The normalized spacial score (nSPS) is 23.7. The quantitative estimate of drug-likeness (QED) is 0.127. The Morgan fingerprint density at radius 2 is 1.88 bits per heavy atom. The number of rotatable bonds is 12. The lowest BCUT2D eigenvalue weighted by Crippen LogP contribution is -2.52. The molecule has 0 aliphatic carbocycles. The molecule has 50 heavy (non-hydrogen) atoms. The highest BCUT2D eigenvalue weighted by atomic mass is 28.3. The number of aryl methyl sites for hydroxylation is 1. The Labute approximate surface area is 294 Å². The number of fused-ring (bicyclic) bond motifs is 2. The first-order valence-corrected chi connectivity index (χ1v) is 20.5. The summed E-state index contributed by atoms with van der Waals surface area (Å²) in [5.41, 5.74) is 2.91. The molecule has 3 aliphatic heterocycles. The van der Waals surface area contributed by atoms with Crippen LogP contribution in [0.5, 0.6) is 5.75 Å². The van der Waals surface area contributed by atoms with Crippen molar-refractivity contribution in [2.75, 3.05) is 36.6 Å². The molecule has 3 aromatic carbocycles. The first-order chi connectivity index (χ1) is 24.1. The summed E-state index contributed by atoms with van der Waals surface area (Å²) in [4.78, 5) is 30.9. The molecule has 1 N–H and O–H groups in total. The van der Waals surface area contributed by atoms with Crippen molar-refractivity contribution in [1.82, 2.24) is 15.0 Å². The molecule has 0 radical (unpaired) electrons. The number of ether oxygens (including phenoxy) is 2. The SMILES string of the molecule is C=CCN1C(=O)[C@]2(O[C@H](CCn3cc(C(CO)c4ccccc4)nn3)[C@@H]([Si](C)(C)c3ccc(OC)cc3)[C@@H]2C)c2cc(N3CCC3=O)ccc21. The zero-order valence-corrected chi connectivity index (χ0v) is 30.2. The zero-order valence-electron chi connectivity index (χ0n) is 29.2. The van der Waals surface area contributed by atoms with Crippen LogP contribution in [0.15, 0.2) is 91.6 Å². The molecule has 260 valence electrons.